The number of nitrogen functional groups attached to an aromatic ring is 1. The Morgan fingerprint density at radius 3 is 3.00 bits per heavy atom. The van der Waals surface area contributed by atoms with Gasteiger partial charge in [-0.3, -0.25) is 4.79 Å². The van der Waals surface area contributed by atoms with Gasteiger partial charge in [-0.25, -0.2) is 0 Å². The third-order valence-corrected chi connectivity index (χ3v) is 2.29. The molecule has 0 atom stereocenters. The molecule has 3 N–H and O–H groups in total. The fourth-order valence-corrected chi connectivity index (χ4v) is 1.35. The minimum atomic E-state index is -0.210. The van der Waals surface area contributed by atoms with Gasteiger partial charge in [-0.2, -0.15) is 0 Å². The molecule has 4 nitrogen and oxygen atoms in total. The third-order valence-electron chi connectivity index (χ3n) is 2.29. The molecule has 4 heteroatoms. The Kier molecular flexibility index (Phi) is 4.89. The van der Waals surface area contributed by atoms with Crippen molar-refractivity contribution in [3.05, 3.63) is 23.8 Å². The first-order valence-electron chi connectivity index (χ1n) is 5.34. The minimum Gasteiger partial charge on any atom is -0.497 e. The Balaban J connectivity index is 2.65. The number of methoxy groups -OCH3 is 1. The van der Waals surface area contributed by atoms with Crippen molar-refractivity contribution in [3.8, 4) is 18.1 Å². The Morgan fingerprint density at radius 2 is 2.35 bits per heavy atom. The van der Waals surface area contributed by atoms with E-state index in [1.807, 2.05) is 0 Å². The van der Waals surface area contributed by atoms with Crippen LogP contribution in [-0.4, -0.2) is 19.6 Å². The smallest absolute Gasteiger partial charge is 0.253 e. The summed E-state index contributed by atoms with van der Waals surface area (Å²) in [4.78, 5) is 11.8. The van der Waals surface area contributed by atoms with Crippen molar-refractivity contribution in [2.24, 2.45) is 0 Å². The number of ether oxygens (including phenoxy) is 1. The van der Waals surface area contributed by atoms with Crippen molar-refractivity contribution < 1.29 is 9.53 Å². The first kappa shape index (κ1) is 12.9. The molecule has 1 aromatic carbocycles. The number of anilines is 1. The molecular weight excluding hydrogens is 216 g/mol. The molecule has 90 valence electrons. The van der Waals surface area contributed by atoms with Gasteiger partial charge < -0.3 is 15.8 Å². The average molecular weight is 232 g/mol. The fraction of sp³-hybridized carbons (Fsp3) is 0.308. The average Bonchev–Trinajstić information content (AvgIpc) is 2.35. The van der Waals surface area contributed by atoms with Gasteiger partial charge in [0.2, 0.25) is 0 Å². The van der Waals surface area contributed by atoms with Gasteiger partial charge in [0.25, 0.3) is 5.91 Å². The van der Waals surface area contributed by atoms with E-state index in [9.17, 15) is 4.79 Å². The molecule has 0 radical (unpaired) electrons. The van der Waals surface area contributed by atoms with E-state index in [0.717, 1.165) is 6.42 Å². The van der Waals surface area contributed by atoms with Crippen LogP contribution in [0.15, 0.2) is 18.2 Å². The second-order valence-corrected chi connectivity index (χ2v) is 3.52. The van der Waals surface area contributed by atoms with E-state index in [4.69, 9.17) is 16.9 Å². The van der Waals surface area contributed by atoms with Crippen LogP contribution < -0.4 is 15.8 Å². The topological polar surface area (TPSA) is 64.3 Å². The molecule has 0 saturated carbocycles. The summed E-state index contributed by atoms with van der Waals surface area (Å²) in [6, 6.07) is 4.98. The molecule has 17 heavy (non-hydrogen) atoms. The van der Waals surface area contributed by atoms with Gasteiger partial charge in [-0.1, -0.05) is 0 Å². The van der Waals surface area contributed by atoms with Gasteiger partial charge in [0, 0.05) is 18.7 Å². The van der Waals surface area contributed by atoms with Crippen LogP contribution in [0.25, 0.3) is 0 Å². The summed E-state index contributed by atoms with van der Waals surface area (Å²) in [6.45, 7) is 0.541. The number of amides is 1. The van der Waals surface area contributed by atoms with E-state index in [0.29, 0.717) is 30.0 Å². The van der Waals surface area contributed by atoms with Crippen LogP contribution in [0, 0.1) is 12.3 Å². The lowest BCUT2D eigenvalue weighted by Gasteiger charge is -2.08. The highest BCUT2D eigenvalue weighted by Crippen LogP contribution is 2.19. The highest BCUT2D eigenvalue weighted by atomic mass is 16.5. The molecule has 1 amide bonds. The normalized spacial score (nSPS) is 9.41. The van der Waals surface area contributed by atoms with Gasteiger partial charge in [-0.05, 0) is 24.6 Å². The van der Waals surface area contributed by atoms with Crippen LogP contribution in [-0.2, 0) is 0 Å². The summed E-state index contributed by atoms with van der Waals surface area (Å²) in [5.74, 6) is 2.91. The molecule has 0 aliphatic carbocycles. The summed E-state index contributed by atoms with van der Waals surface area (Å²) in [6.07, 6.45) is 6.52. The molecule has 0 spiro atoms. The summed E-state index contributed by atoms with van der Waals surface area (Å²) in [5.41, 5.74) is 6.58. The molecule has 0 heterocycles. The lowest BCUT2D eigenvalue weighted by Crippen LogP contribution is -2.25. The maximum absolute atomic E-state index is 11.8. The first-order chi connectivity index (χ1) is 8.19. The quantitative estimate of drug-likeness (QED) is 0.458. The largest absolute Gasteiger partial charge is 0.497 e. The van der Waals surface area contributed by atoms with E-state index >= 15 is 0 Å². The maximum atomic E-state index is 11.8. The molecule has 1 aromatic rings. The van der Waals surface area contributed by atoms with Crippen molar-refractivity contribution in [1.82, 2.24) is 5.32 Å². The Labute approximate surface area is 101 Å². The number of terminal acetylenes is 1. The van der Waals surface area contributed by atoms with Crippen molar-refractivity contribution in [2.75, 3.05) is 19.4 Å². The first-order valence-corrected chi connectivity index (χ1v) is 5.34. The van der Waals surface area contributed by atoms with Gasteiger partial charge >= 0.3 is 0 Å². The van der Waals surface area contributed by atoms with Crippen molar-refractivity contribution in [1.29, 1.82) is 0 Å². The number of benzene rings is 1. The standard InChI is InChI=1S/C13H16N2O2/c1-3-4-5-8-15-13(16)11-9-10(17-2)6-7-12(11)14/h1,6-7,9H,4-5,8,14H2,2H3,(H,15,16). The summed E-state index contributed by atoms with van der Waals surface area (Å²) < 4.78 is 5.04. The molecule has 0 bridgehead atoms. The monoisotopic (exact) mass is 232 g/mol. The van der Waals surface area contributed by atoms with E-state index in [1.165, 1.54) is 0 Å². The number of carbonyl (C=O) groups excluding carboxylic acids is 1. The van der Waals surface area contributed by atoms with E-state index < -0.39 is 0 Å². The van der Waals surface area contributed by atoms with E-state index in [-0.39, 0.29) is 5.91 Å². The summed E-state index contributed by atoms with van der Waals surface area (Å²) in [5, 5.41) is 2.76. The Bertz CT molecular complexity index is 436. The van der Waals surface area contributed by atoms with Crippen LogP contribution in [0.4, 0.5) is 5.69 Å². The molecule has 0 saturated heterocycles. The number of nitrogens with one attached hydrogen (secondary N) is 1. The molecule has 1 rings (SSSR count). The molecular formula is C13H16N2O2. The van der Waals surface area contributed by atoms with Gasteiger partial charge in [0.05, 0.1) is 12.7 Å². The minimum absolute atomic E-state index is 0.210. The van der Waals surface area contributed by atoms with E-state index in [2.05, 4.69) is 11.2 Å². The van der Waals surface area contributed by atoms with Crippen LogP contribution in [0.3, 0.4) is 0 Å². The number of unbranched alkanes of at least 4 members (excludes halogenated alkanes) is 1. The molecule has 0 aliphatic heterocycles. The molecule has 0 aliphatic rings. The SMILES string of the molecule is C#CCCCNC(=O)c1cc(OC)ccc1N. The highest BCUT2D eigenvalue weighted by molar-refractivity contribution is 5.99. The predicted molar refractivity (Wildman–Crippen MR) is 67.8 cm³/mol. The number of carbonyl (C=O) groups is 1. The van der Waals surface area contributed by atoms with Gasteiger partial charge in [-0.15, -0.1) is 12.3 Å². The Morgan fingerprint density at radius 1 is 1.59 bits per heavy atom. The zero-order valence-electron chi connectivity index (χ0n) is 9.82. The second-order valence-electron chi connectivity index (χ2n) is 3.52. The van der Waals surface area contributed by atoms with Gasteiger partial charge in [0.15, 0.2) is 0 Å². The zero-order valence-corrected chi connectivity index (χ0v) is 9.82. The second kappa shape index (κ2) is 6.44. The lowest BCUT2D eigenvalue weighted by molar-refractivity contribution is 0.0954. The molecule has 0 aromatic heterocycles. The van der Waals surface area contributed by atoms with Gasteiger partial charge in [0.1, 0.15) is 5.75 Å². The van der Waals surface area contributed by atoms with E-state index in [1.54, 1.807) is 25.3 Å². The molecule has 0 unspecified atom stereocenters. The lowest BCUT2D eigenvalue weighted by atomic mass is 10.1. The third kappa shape index (κ3) is 3.72. The summed E-state index contributed by atoms with van der Waals surface area (Å²) in [7, 11) is 1.54. The van der Waals surface area contributed by atoms with Crippen molar-refractivity contribution in [2.45, 2.75) is 12.8 Å². The van der Waals surface area contributed by atoms with Crippen molar-refractivity contribution in [3.63, 3.8) is 0 Å². The van der Waals surface area contributed by atoms with Crippen LogP contribution >= 0.6 is 0 Å². The maximum Gasteiger partial charge on any atom is 0.253 e. The summed E-state index contributed by atoms with van der Waals surface area (Å²) >= 11 is 0. The fourth-order valence-electron chi connectivity index (χ4n) is 1.35. The zero-order chi connectivity index (χ0) is 12.7. The number of hydrogen-bond donors (Lipinski definition) is 2. The van der Waals surface area contributed by atoms with Crippen LogP contribution in [0.1, 0.15) is 23.2 Å². The molecule has 0 fully saturated rings. The van der Waals surface area contributed by atoms with Crippen LogP contribution in [0.5, 0.6) is 5.75 Å². The Hall–Kier alpha value is -2.15. The van der Waals surface area contributed by atoms with Crippen molar-refractivity contribution >= 4 is 11.6 Å². The van der Waals surface area contributed by atoms with Crippen LogP contribution in [0.2, 0.25) is 0 Å². The number of hydrogen-bond acceptors (Lipinski definition) is 3. The number of rotatable bonds is 5. The highest BCUT2D eigenvalue weighted by Gasteiger charge is 2.10. The number of nitrogens with two attached hydrogens (primary N) is 1. The predicted octanol–water partition coefficient (Wildman–Crippen LogP) is 1.42.